The highest BCUT2D eigenvalue weighted by Crippen LogP contribution is 2.32. The number of carboxylic acid groups (broad SMARTS) is 1. The maximum absolute atomic E-state index is 11.8. The third-order valence-electron chi connectivity index (χ3n) is 2.73. The second-order valence-corrected chi connectivity index (χ2v) is 4.09. The Hall–Kier alpha value is -2.18. The number of carbonyl (C=O) groups excluding carboxylic acids is 1. The lowest BCUT2D eigenvalue weighted by Gasteiger charge is -2.12. The molecule has 0 aliphatic heterocycles. The van der Waals surface area contributed by atoms with E-state index < -0.39 is 17.9 Å². The Balaban J connectivity index is 2.03. The largest absolute Gasteiger partial charge is 0.480 e. The summed E-state index contributed by atoms with van der Waals surface area (Å²) >= 11 is 0. The highest BCUT2D eigenvalue weighted by molar-refractivity contribution is 5.95. The first-order chi connectivity index (χ1) is 8.61. The van der Waals surface area contributed by atoms with Gasteiger partial charge in [0.25, 0.3) is 5.91 Å². The number of ether oxygens (including phenoxy) is 1. The lowest BCUT2D eigenvalue weighted by molar-refractivity contribution is -0.139. The first-order valence-electron chi connectivity index (χ1n) is 5.53. The van der Waals surface area contributed by atoms with E-state index in [9.17, 15) is 9.59 Å². The SMILES string of the molecule is COc1ccc(C(=O)NC(C(=O)O)C2CC2)nn1. The van der Waals surface area contributed by atoms with Crippen LogP contribution >= 0.6 is 0 Å². The third kappa shape index (κ3) is 2.73. The Bertz CT molecular complexity index is 456. The number of hydrogen-bond acceptors (Lipinski definition) is 5. The second-order valence-electron chi connectivity index (χ2n) is 4.09. The minimum Gasteiger partial charge on any atom is -0.480 e. The second kappa shape index (κ2) is 4.99. The molecule has 1 amide bonds. The third-order valence-corrected chi connectivity index (χ3v) is 2.73. The van der Waals surface area contributed by atoms with E-state index in [0.717, 1.165) is 12.8 Å². The normalized spacial score (nSPS) is 15.8. The molecular weight excluding hydrogens is 238 g/mol. The summed E-state index contributed by atoms with van der Waals surface area (Å²) in [5.74, 6) is -1.24. The molecule has 0 radical (unpaired) electrons. The quantitative estimate of drug-likeness (QED) is 0.768. The van der Waals surface area contributed by atoms with Crippen LogP contribution in [0.25, 0.3) is 0 Å². The van der Waals surface area contributed by atoms with Gasteiger partial charge in [-0.2, -0.15) is 0 Å². The maximum atomic E-state index is 11.8. The number of methoxy groups -OCH3 is 1. The van der Waals surface area contributed by atoms with Gasteiger partial charge in [-0.25, -0.2) is 4.79 Å². The Labute approximate surface area is 103 Å². The number of carbonyl (C=O) groups is 2. The van der Waals surface area contributed by atoms with Gasteiger partial charge < -0.3 is 15.2 Å². The number of aliphatic carboxylic acids is 1. The monoisotopic (exact) mass is 251 g/mol. The van der Waals surface area contributed by atoms with Gasteiger partial charge in [0.15, 0.2) is 5.69 Å². The number of nitrogens with zero attached hydrogens (tertiary/aromatic N) is 2. The molecule has 7 nitrogen and oxygen atoms in total. The van der Waals surface area contributed by atoms with Crippen molar-refractivity contribution in [2.75, 3.05) is 7.11 Å². The zero-order chi connectivity index (χ0) is 13.1. The van der Waals surface area contributed by atoms with Crippen molar-refractivity contribution in [2.24, 2.45) is 5.92 Å². The van der Waals surface area contributed by atoms with Gasteiger partial charge in [-0.1, -0.05) is 0 Å². The molecule has 96 valence electrons. The van der Waals surface area contributed by atoms with Crippen molar-refractivity contribution in [3.05, 3.63) is 17.8 Å². The lowest BCUT2D eigenvalue weighted by atomic mass is 10.2. The summed E-state index contributed by atoms with van der Waals surface area (Å²) in [6, 6.07) is 2.09. The van der Waals surface area contributed by atoms with Crippen molar-refractivity contribution < 1.29 is 19.4 Å². The predicted octanol–water partition coefficient (Wildman–Crippen LogP) is 0.0782. The first-order valence-corrected chi connectivity index (χ1v) is 5.53. The summed E-state index contributed by atoms with van der Waals surface area (Å²) in [4.78, 5) is 22.8. The van der Waals surface area contributed by atoms with Crippen LogP contribution < -0.4 is 10.1 Å². The molecule has 0 spiro atoms. The zero-order valence-electron chi connectivity index (χ0n) is 9.79. The minimum atomic E-state index is -1.02. The van der Waals surface area contributed by atoms with Gasteiger partial charge in [0.1, 0.15) is 6.04 Å². The molecule has 0 aromatic carbocycles. The van der Waals surface area contributed by atoms with Crippen LogP contribution in [0.5, 0.6) is 5.88 Å². The van der Waals surface area contributed by atoms with Crippen LogP contribution in [0, 0.1) is 5.92 Å². The molecule has 18 heavy (non-hydrogen) atoms. The fourth-order valence-electron chi connectivity index (χ4n) is 1.58. The van der Waals surface area contributed by atoms with Crippen LogP contribution in [0.2, 0.25) is 0 Å². The van der Waals surface area contributed by atoms with Gasteiger partial charge in [-0.3, -0.25) is 4.79 Å². The molecule has 1 aliphatic carbocycles. The number of amides is 1. The number of aromatic nitrogens is 2. The molecule has 1 fully saturated rings. The van der Waals surface area contributed by atoms with Crippen LogP contribution in [0.1, 0.15) is 23.3 Å². The molecular formula is C11H13N3O4. The molecule has 1 saturated carbocycles. The summed E-state index contributed by atoms with van der Waals surface area (Å²) in [6.45, 7) is 0. The molecule has 1 atom stereocenters. The van der Waals surface area contributed by atoms with Crippen molar-refractivity contribution in [2.45, 2.75) is 18.9 Å². The van der Waals surface area contributed by atoms with Crippen molar-refractivity contribution in [1.29, 1.82) is 0 Å². The molecule has 1 aromatic rings. The first kappa shape index (κ1) is 12.3. The van der Waals surface area contributed by atoms with Crippen LogP contribution in [-0.4, -0.2) is 40.3 Å². The smallest absolute Gasteiger partial charge is 0.326 e. The van der Waals surface area contributed by atoms with Crippen LogP contribution in [0.4, 0.5) is 0 Å². The molecule has 0 saturated heterocycles. The average molecular weight is 251 g/mol. The van der Waals surface area contributed by atoms with Gasteiger partial charge in [0, 0.05) is 6.07 Å². The lowest BCUT2D eigenvalue weighted by Crippen LogP contribution is -2.42. The van der Waals surface area contributed by atoms with E-state index >= 15 is 0 Å². The minimum absolute atomic E-state index is 0.0256. The van der Waals surface area contributed by atoms with Crippen LogP contribution in [-0.2, 0) is 4.79 Å². The van der Waals surface area contributed by atoms with E-state index in [0.29, 0.717) is 5.88 Å². The molecule has 1 aromatic heterocycles. The highest BCUT2D eigenvalue weighted by Gasteiger charge is 2.37. The van der Waals surface area contributed by atoms with Gasteiger partial charge in [0.05, 0.1) is 7.11 Å². The van der Waals surface area contributed by atoms with Crippen LogP contribution in [0.3, 0.4) is 0 Å². The Morgan fingerprint density at radius 3 is 2.61 bits per heavy atom. The van der Waals surface area contributed by atoms with Gasteiger partial charge in [-0.05, 0) is 24.8 Å². The Kier molecular flexibility index (Phi) is 3.40. The standard InChI is InChI=1S/C11H13N3O4/c1-18-8-5-4-7(13-14-8)10(15)12-9(11(16)17)6-2-3-6/h4-6,9H,2-3H2,1H3,(H,12,15)(H,16,17). The van der Waals surface area contributed by atoms with E-state index in [-0.39, 0.29) is 11.6 Å². The summed E-state index contributed by atoms with van der Waals surface area (Å²) in [7, 11) is 1.44. The van der Waals surface area contributed by atoms with E-state index in [2.05, 4.69) is 15.5 Å². The van der Waals surface area contributed by atoms with Crippen LogP contribution in [0.15, 0.2) is 12.1 Å². The highest BCUT2D eigenvalue weighted by atomic mass is 16.5. The van der Waals surface area contributed by atoms with Crippen molar-refractivity contribution in [3.8, 4) is 5.88 Å². The average Bonchev–Trinajstić information content (AvgIpc) is 3.19. The molecule has 1 unspecified atom stereocenters. The van der Waals surface area contributed by atoms with E-state index in [1.165, 1.54) is 19.2 Å². The predicted molar refractivity (Wildman–Crippen MR) is 60.2 cm³/mol. The fraction of sp³-hybridized carbons (Fsp3) is 0.455. The molecule has 2 rings (SSSR count). The molecule has 1 aliphatic rings. The van der Waals surface area contributed by atoms with E-state index in [1.54, 1.807) is 0 Å². The number of rotatable bonds is 5. The maximum Gasteiger partial charge on any atom is 0.326 e. The summed E-state index contributed by atoms with van der Waals surface area (Å²) in [6.07, 6.45) is 1.65. The number of nitrogens with one attached hydrogen (secondary N) is 1. The van der Waals surface area contributed by atoms with E-state index in [1.807, 2.05) is 0 Å². The van der Waals surface area contributed by atoms with Gasteiger partial charge in [-0.15, -0.1) is 10.2 Å². The number of carboxylic acids is 1. The summed E-state index contributed by atoms with van der Waals surface area (Å²) in [5, 5.41) is 18.8. The van der Waals surface area contributed by atoms with Gasteiger partial charge in [0.2, 0.25) is 5.88 Å². The summed E-state index contributed by atoms with van der Waals surface area (Å²) in [5.41, 5.74) is 0.0719. The Morgan fingerprint density at radius 2 is 2.17 bits per heavy atom. The molecule has 2 N–H and O–H groups in total. The Morgan fingerprint density at radius 1 is 1.44 bits per heavy atom. The zero-order valence-corrected chi connectivity index (χ0v) is 9.79. The summed E-state index contributed by atoms with van der Waals surface area (Å²) < 4.78 is 4.82. The fourth-order valence-corrected chi connectivity index (χ4v) is 1.58. The molecule has 0 bridgehead atoms. The molecule has 1 heterocycles. The topological polar surface area (TPSA) is 101 Å². The van der Waals surface area contributed by atoms with Crippen molar-refractivity contribution in [1.82, 2.24) is 15.5 Å². The van der Waals surface area contributed by atoms with Crippen molar-refractivity contribution >= 4 is 11.9 Å². The molecule has 7 heteroatoms. The number of hydrogen-bond donors (Lipinski definition) is 2. The van der Waals surface area contributed by atoms with Gasteiger partial charge >= 0.3 is 5.97 Å². The van der Waals surface area contributed by atoms with E-state index in [4.69, 9.17) is 9.84 Å². The van der Waals surface area contributed by atoms with Crippen molar-refractivity contribution in [3.63, 3.8) is 0 Å².